The fraction of sp³-hybridized carbons (Fsp3) is 0.286. The van der Waals surface area contributed by atoms with Gasteiger partial charge in [0, 0.05) is 117 Å². The van der Waals surface area contributed by atoms with E-state index in [0.29, 0.717) is 57.3 Å². The van der Waals surface area contributed by atoms with E-state index in [0.717, 1.165) is 190 Å². The van der Waals surface area contributed by atoms with Crippen molar-refractivity contribution in [2.45, 2.75) is 193 Å². The Morgan fingerprint density at radius 3 is 0.895 bits per heavy atom. The largest absolute Gasteiger partial charge is 0.213 e. The lowest BCUT2D eigenvalue weighted by Gasteiger charge is -2.26. The first kappa shape index (κ1) is 63.8. The number of pyridine rings is 5. The Morgan fingerprint density at radius 1 is 0.218 bits per heavy atom. The van der Waals surface area contributed by atoms with Gasteiger partial charge in [-0.15, -0.1) is 0 Å². The molecule has 0 bridgehead atoms. The van der Waals surface area contributed by atoms with E-state index < -0.39 is 59.8 Å². The highest BCUT2D eigenvalue weighted by Gasteiger charge is 2.26. The van der Waals surface area contributed by atoms with Crippen molar-refractivity contribution in [3.63, 3.8) is 0 Å². The molecule has 0 aliphatic heterocycles. The maximum absolute atomic E-state index is 9.19. The Morgan fingerprint density at radius 2 is 0.524 bits per heavy atom. The van der Waals surface area contributed by atoms with E-state index in [1.807, 2.05) is 257 Å². The molecule has 5 heterocycles. The van der Waals surface area contributed by atoms with Crippen LogP contribution >= 0.6 is 0 Å². The van der Waals surface area contributed by atoms with Crippen LogP contribution in [0, 0.1) is 117 Å². The van der Waals surface area contributed by atoms with Gasteiger partial charge in [-0.1, -0.05) is 238 Å². The van der Waals surface area contributed by atoms with Gasteiger partial charge in [-0.2, -0.15) is 0 Å². The third-order valence-corrected chi connectivity index (χ3v) is 24.6. The summed E-state index contributed by atoms with van der Waals surface area (Å²) in [5.74, 6) is -1.45. The second kappa shape index (κ2) is 40.5. The molecule has 630 valence electrons. The second-order valence-electron chi connectivity index (χ2n) is 33.9. The van der Waals surface area contributed by atoms with Gasteiger partial charge in [0.2, 0.25) is 28.5 Å². The van der Waals surface area contributed by atoms with E-state index in [4.69, 9.17) is 30.2 Å². The number of hydrogen-bond acceptors (Lipinski definition) is 0. The predicted octanol–water partition coefficient (Wildman–Crippen LogP) is 28.6. The van der Waals surface area contributed by atoms with Crippen molar-refractivity contribution >= 4 is 0 Å². The molecule has 0 saturated heterocycles. The van der Waals surface area contributed by atoms with Gasteiger partial charge >= 0.3 is 0 Å². The zero-order valence-electron chi connectivity index (χ0n) is 97.9. The Kier molecular flexibility index (Phi) is 20.9. The third kappa shape index (κ3) is 21.1. The molecule has 15 aromatic rings. The molecule has 2 aliphatic rings. The molecular weight excluding hydrogens is 1500 g/mol. The molecular formula is C119H134N5+5. The molecule has 17 rings (SSSR count). The van der Waals surface area contributed by atoms with E-state index in [1.165, 1.54) is 12.0 Å². The van der Waals surface area contributed by atoms with Gasteiger partial charge in [-0.3, -0.25) is 0 Å². The molecule has 0 radical (unpaired) electrons. The third-order valence-electron chi connectivity index (χ3n) is 24.6. The highest BCUT2D eigenvalue weighted by Crippen LogP contribution is 2.42. The minimum absolute atomic E-state index is 0.131. The summed E-state index contributed by atoms with van der Waals surface area (Å²) in [5, 5.41) is 0. The summed E-state index contributed by atoms with van der Waals surface area (Å²) < 4.78 is 197. The maximum Gasteiger partial charge on any atom is 0.213 e. The van der Waals surface area contributed by atoms with Gasteiger partial charge in [0.15, 0.2) is 31.0 Å². The fourth-order valence-electron chi connectivity index (χ4n) is 17.4. The average Bonchev–Trinajstić information content (AvgIpc) is 0.739. The van der Waals surface area contributed by atoms with E-state index in [9.17, 15) is 1.37 Å². The molecule has 0 N–H and O–H groups in total. The van der Waals surface area contributed by atoms with Crippen LogP contribution in [0.1, 0.15) is 213 Å². The molecule has 2 saturated carbocycles. The van der Waals surface area contributed by atoms with Crippen molar-refractivity contribution in [2.24, 2.45) is 35.2 Å². The molecule has 124 heavy (non-hydrogen) atoms. The van der Waals surface area contributed by atoms with Crippen molar-refractivity contribution in [3.8, 4) is 112 Å². The van der Waals surface area contributed by atoms with Gasteiger partial charge < -0.3 is 0 Å². The molecule has 5 heteroatoms. The standard InChI is InChI=1S/C28H34N.C26H30N.2C22H24N.C21H22N/c1-19-11-9-10-14-25(19)27-17-26(22(4)18-29(27)5)24-15-20(2)28(21(3)16-24)23-12-7-6-8-13-23;1-19-9-7-8-12-24(19)26-17-25(20(2)18-27(26)3)23-15-13-22(14-16-23)21-10-5-4-6-11-21;1-15-10-11-19(12-17(15)3)21-13-22(23(5)14-18(21)4)20-9-7-6-8-16(20)2;1-15-10-11-19(17(3)12-15)21-13-22(23(5)14-18(21)4)20-9-7-6-8-16(20)2;1-15-9-11-18(12-10-15)20-13-21(22(4)14-17(20)3)19-8-6-5-7-16(19)2/h9-11,14-18,23H,6-8,12-13H2,1-5H3;7-9,12-18,21H,4-6,10-11H2,1-3H3;2*6-14H,1-5H3;5-14H,1-4H3/q5*+1/i2D3,4D3,23D;2D3,21D;4D3;3D3,4D3;3D3. The Hall–Kier alpha value is -12.1. The van der Waals surface area contributed by atoms with Crippen LogP contribution in [0.4, 0.5) is 0 Å². The second-order valence-corrected chi connectivity index (χ2v) is 33.9. The van der Waals surface area contributed by atoms with Crippen molar-refractivity contribution in [1.82, 2.24) is 0 Å². The topological polar surface area (TPSA) is 19.4 Å². The lowest BCUT2D eigenvalue weighted by Crippen LogP contribution is -2.31. The Bertz CT molecular complexity index is 7310. The Labute approximate surface area is 776 Å². The van der Waals surface area contributed by atoms with Crippen LogP contribution in [0.5, 0.6) is 0 Å². The monoisotopic (exact) mass is 1660 g/mol. The number of aromatic nitrogens is 5. The molecule has 5 aromatic heterocycles. The van der Waals surface area contributed by atoms with Crippen molar-refractivity contribution < 1.29 is 54.4 Å². The first-order valence-corrected chi connectivity index (χ1v) is 43.3. The maximum atomic E-state index is 9.19. The van der Waals surface area contributed by atoms with Crippen molar-refractivity contribution in [3.05, 3.63) is 385 Å². The van der Waals surface area contributed by atoms with E-state index in [1.54, 1.807) is 66.9 Å². The van der Waals surface area contributed by atoms with Crippen LogP contribution in [-0.4, -0.2) is 0 Å². The highest BCUT2D eigenvalue weighted by molar-refractivity contribution is 5.79. The molecule has 2 aliphatic carbocycles. The SMILES string of the molecule is [2H]C([2H])([2H])c1c[n+](C)c(-c2ccccc2C)cc1-c1cc(C)c(C2([2H])CCCCC2)c(C([2H])([2H])[2H])c1.[2H]C([2H])([2H])c1c[n+](C)c(-c2ccccc2C)cc1-c1ccc(C)c(C)c1.[2H]C([2H])([2H])c1c[n+](C)c(-c2ccccc2C)cc1-c1ccc(C)cc1.[2H]C([2H])([2H])c1c[n+](C)c(-c2ccccc2C)cc1-c1ccc(C2([2H])CCCCC2)cc1.[2H]C([2H])([2H])c1cc(C)ccc1-c1cc(-c2ccccc2C)[n+](C)cc1C([2H])([2H])[2H]. The lowest BCUT2D eigenvalue weighted by molar-refractivity contribution is -0.660. The summed E-state index contributed by atoms with van der Waals surface area (Å²) in [6, 6.07) is 80.7. The van der Waals surface area contributed by atoms with Gasteiger partial charge in [-0.05, 0) is 307 Å². The smallest absolute Gasteiger partial charge is 0.201 e. The normalized spacial score (nSPS) is 16.7. The van der Waals surface area contributed by atoms with Crippen molar-refractivity contribution in [2.75, 3.05) is 0 Å². The number of benzene rings is 10. The fourth-order valence-corrected chi connectivity index (χ4v) is 17.4. The summed E-state index contributed by atoms with van der Waals surface area (Å²) in [4.78, 5) is 0. The molecule has 10 aromatic carbocycles. The zero-order chi connectivity index (χ0) is 108. The number of aryl methyl sites for hydroxylation is 22. The van der Waals surface area contributed by atoms with Gasteiger partial charge in [0.25, 0.3) is 0 Å². The number of nitrogens with zero attached hydrogens (tertiary/aromatic N) is 5. The minimum atomic E-state index is -2.42. The lowest BCUT2D eigenvalue weighted by atomic mass is 9.79. The summed E-state index contributed by atoms with van der Waals surface area (Å²) in [7, 11) is 9.34. The quantitative estimate of drug-likeness (QED) is 0.109. The van der Waals surface area contributed by atoms with Gasteiger partial charge in [-0.25, -0.2) is 22.8 Å². The average molecular weight is 1660 g/mol. The van der Waals surface area contributed by atoms with Gasteiger partial charge in [0.05, 0.1) is 0 Å². The van der Waals surface area contributed by atoms with Crippen LogP contribution in [0.15, 0.2) is 280 Å². The summed E-state index contributed by atoms with van der Waals surface area (Å²) >= 11 is 0. The molecule has 0 unspecified atom stereocenters. The van der Waals surface area contributed by atoms with E-state index in [2.05, 4.69) is 83.1 Å². The van der Waals surface area contributed by atoms with Crippen molar-refractivity contribution in [1.29, 1.82) is 0 Å². The van der Waals surface area contributed by atoms with Crippen LogP contribution in [0.3, 0.4) is 0 Å². The van der Waals surface area contributed by atoms with E-state index in [-0.39, 0.29) is 22.3 Å². The first-order chi connectivity index (χ1) is 68.8. The number of hydrogen-bond donors (Lipinski definition) is 0. The van der Waals surface area contributed by atoms with Crippen LogP contribution in [0.25, 0.3) is 112 Å². The summed E-state index contributed by atoms with van der Waals surface area (Å²) in [5.41, 5.74) is 30.8. The first-order valence-electron chi connectivity index (χ1n) is 54.8. The number of rotatable bonds is 12. The van der Waals surface area contributed by atoms with Crippen LogP contribution < -0.4 is 22.8 Å². The predicted molar refractivity (Wildman–Crippen MR) is 525 cm³/mol. The van der Waals surface area contributed by atoms with Crippen LogP contribution in [-0.2, 0) is 35.2 Å². The zero-order valence-corrected chi connectivity index (χ0v) is 74.9. The Balaban J connectivity index is 0.000000154. The highest BCUT2D eigenvalue weighted by atomic mass is 14.9. The molecule has 2 fully saturated rings. The summed E-state index contributed by atoms with van der Waals surface area (Å²) in [6.45, 7) is 3.96. The molecule has 0 atom stereocenters. The summed E-state index contributed by atoms with van der Waals surface area (Å²) in [6.07, 6.45) is 17.8. The minimum Gasteiger partial charge on any atom is -0.201 e. The molecule has 5 nitrogen and oxygen atoms in total. The van der Waals surface area contributed by atoms with Gasteiger partial charge in [0.1, 0.15) is 35.2 Å². The van der Waals surface area contributed by atoms with Crippen LogP contribution in [0.2, 0.25) is 0 Å². The van der Waals surface area contributed by atoms with E-state index >= 15 is 0 Å². The molecule has 0 spiro atoms. The molecule has 0 amide bonds.